The molecule has 2 heterocycles. The van der Waals surface area contributed by atoms with Crippen LogP contribution in [0.4, 0.5) is 10.5 Å². The summed E-state index contributed by atoms with van der Waals surface area (Å²) >= 11 is 13.0. The zero-order valence-electron chi connectivity index (χ0n) is 14.1. The molecule has 1 aliphatic heterocycles. The maximum Gasteiger partial charge on any atom is 0.286 e. The van der Waals surface area contributed by atoms with E-state index >= 15 is 0 Å². The summed E-state index contributed by atoms with van der Waals surface area (Å²) < 4.78 is 5.65. The number of carbonyl (C=O) groups is 3. The number of rotatable bonds is 4. The van der Waals surface area contributed by atoms with Gasteiger partial charge in [0.05, 0.1) is 21.0 Å². The molecular formula is C19H12Cl2N2O4S. The van der Waals surface area contributed by atoms with Crippen LogP contribution >= 0.6 is 35.0 Å². The third-order valence-electron chi connectivity index (χ3n) is 4.33. The Hall–Kier alpha value is -2.48. The van der Waals surface area contributed by atoms with Gasteiger partial charge in [0.15, 0.2) is 5.76 Å². The van der Waals surface area contributed by atoms with Crippen LogP contribution in [0.5, 0.6) is 0 Å². The van der Waals surface area contributed by atoms with Crippen LogP contribution in [0, 0.1) is 0 Å². The van der Waals surface area contributed by atoms with Crippen molar-refractivity contribution in [1.29, 1.82) is 0 Å². The number of imide groups is 1. The number of halogens is 2. The van der Waals surface area contributed by atoms with Crippen molar-refractivity contribution < 1.29 is 18.8 Å². The minimum Gasteiger partial charge on any atom is -0.453 e. The first-order valence-corrected chi connectivity index (χ1v) is 9.78. The summed E-state index contributed by atoms with van der Waals surface area (Å²) in [7, 11) is 0. The van der Waals surface area contributed by atoms with Crippen LogP contribution < -0.4 is 11.1 Å². The normalized spacial score (nSPS) is 16.6. The quantitative estimate of drug-likeness (QED) is 0.464. The Balaban J connectivity index is 1.62. The molecule has 4 rings (SSSR count). The van der Waals surface area contributed by atoms with Crippen LogP contribution in [-0.4, -0.2) is 22.2 Å². The second-order valence-corrected chi connectivity index (χ2v) is 8.24. The average molecular weight is 435 g/mol. The lowest BCUT2D eigenvalue weighted by Crippen LogP contribution is -2.25. The molecule has 0 aliphatic carbocycles. The number of hydrogen-bond acceptors (Lipinski definition) is 6. The third kappa shape index (κ3) is 3.48. The van der Waals surface area contributed by atoms with Crippen LogP contribution in [0.15, 0.2) is 40.8 Å². The van der Waals surface area contributed by atoms with Gasteiger partial charge in [-0.2, -0.15) is 0 Å². The fraction of sp³-hybridized carbons (Fsp3) is 0.105. The largest absolute Gasteiger partial charge is 0.453 e. The number of fused-ring (bicyclic) bond motifs is 1. The third-order valence-corrected chi connectivity index (χ3v) is 5.94. The smallest absolute Gasteiger partial charge is 0.286 e. The van der Waals surface area contributed by atoms with Gasteiger partial charge in [-0.05, 0) is 42.3 Å². The Kier molecular flexibility index (Phi) is 4.82. The van der Waals surface area contributed by atoms with Crippen LogP contribution in [0.1, 0.15) is 21.7 Å². The number of nitrogens with two attached hydrogens (primary N) is 1. The van der Waals surface area contributed by atoms with E-state index in [-0.39, 0.29) is 44.0 Å². The highest BCUT2D eigenvalue weighted by atomic mass is 35.5. The van der Waals surface area contributed by atoms with E-state index in [0.29, 0.717) is 17.4 Å². The number of nitrogen functional groups attached to an aromatic ring is 1. The maximum atomic E-state index is 12.7. The summed E-state index contributed by atoms with van der Waals surface area (Å²) in [6, 6.07) is 9.85. The Morgan fingerprint density at radius 1 is 1.14 bits per heavy atom. The van der Waals surface area contributed by atoms with E-state index in [0.717, 1.165) is 17.3 Å². The first-order chi connectivity index (χ1) is 13.3. The van der Waals surface area contributed by atoms with Gasteiger partial charge in [-0.15, -0.1) is 0 Å². The molecule has 2 amide bonds. The molecule has 1 saturated heterocycles. The molecule has 1 aliphatic rings. The summed E-state index contributed by atoms with van der Waals surface area (Å²) in [5.41, 5.74) is 7.56. The van der Waals surface area contributed by atoms with Gasteiger partial charge in [0.25, 0.3) is 5.24 Å². The van der Waals surface area contributed by atoms with Crippen LogP contribution in [0.2, 0.25) is 10.0 Å². The van der Waals surface area contributed by atoms with Crippen molar-refractivity contribution in [1.82, 2.24) is 5.32 Å². The van der Waals surface area contributed by atoms with Gasteiger partial charge in [-0.1, -0.05) is 41.0 Å². The second kappa shape index (κ2) is 7.16. The van der Waals surface area contributed by atoms with Crippen molar-refractivity contribution in [2.45, 2.75) is 11.7 Å². The Bertz CT molecular complexity index is 1140. The highest BCUT2D eigenvalue weighted by Crippen LogP contribution is 2.31. The molecule has 28 heavy (non-hydrogen) atoms. The van der Waals surface area contributed by atoms with Crippen molar-refractivity contribution in [3.8, 4) is 0 Å². The van der Waals surface area contributed by atoms with E-state index in [1.54, 1.807) is 18.2 Å². The molecule has 6 nitrogen and oxygen atoms in total. The molecule has 3 N–H and O–H groups in total. The summed E-state index contributed by atoms with van der Waals surface area (Å²) in [4.78, 5) is 35.8. The lowest BCUT2D eigenvalue weighted by molar-refractivity contribution is -0.118. The monoisotopic (exact) mass is 434 g/mol. The maximum absolute atomic E-state index is 12.7. The molecule has 3 aromatic rings. The van der Waals surface area contributed by atoms with Gasteiger partial charge < -0.3 is 10.2 Å². The Morgan fingerprint density at radius 2 is 1.86 bits per heavy atom. The van der Waals surface area contributed by atoms with Gasteiger partial charge >= 0.3 is 0 Å². The van der Waals surface area contributed by atoms with Gasteiger partial charge in [0, 0.05) is 10.9 Å². The number of anilines is 1. The molecule has 0 spiro atoms. The molecule has 0 saturated carbocycles. The van der Waals surface area contributed by atoms with E-state index in [9.17, 15) is 14.4 Å². The molecule has 1 aromatic heterocycles. The zero-order valence-corrected chi connectivity index (χ0v) is 16.5. The first kappa shape index (κ1) is 18.9. The van der Waals surface area contributed by atoms with E-state index in [1.165, 1.54) is 12.1 Å². The summed E-state index contributed by atoms with van der Waals surface area (Å²) in [6.45, 7) is 0. The number of nitrogens with one attached hydrogen (secondary N) is 1. The fourth-order valence-corrected chi connectivity index (χ4v) is 4.28. The van der Waals surface area contributed by atoms with Crippen molar-refractivity contribution >= 4 is 68.6 Å². The van der Waals surface area contributed by atoms with Crippen LogP contribution in [0.3, 0.4) is 0 Å². The highest BCUT2D eigenvalue weighted by molar-refractivity contribution is 8.15. The molecule has 0 bridgehead atoms. The number of furan rings is 1. The molecule has 2 aromatic carbocycles. The van der Waals surface area contributed by atoms with E-state index in [4.69, 9.17) is 33.4 Å². The highest BCUT2D eigenvalue weighted by Gasteiger charge is 2.31. The topological polar surface area (TPSA) is 102 Å². The van der Waals surface area contributed by atoms with Gasteiger partial charge in [-0.3, -0.25) is 19.7 Å². The van der Waals surface area contributed by atoms with Crippen molar-refractivity contribution in [3.05, 3.63) is 63.3 Å². The Morgan fingerprint density at radius 3 is 2.50 bits per heavy atom. The lowest BCUT2D eigenvalue weighted by atomic mass is 10.1. The van der Waals surface area contributed by atoms with Crippen molar-refractivity contribution in [2.75, 3.05) is 5.73 Å². The minimum atomic E-state index is -0.461. The number of thioether (sulfide) groups is 1. The predicted octanol–water partition coefficient (Wildman–Crippen LogP) is 4.45. The number of hydrogen-bond donors (Lipinski definition) is 2. The number of amides is 2. The van der Waals surface area contributed by atoms with Crippen LogP contribution in [-0.2, 0) is 11.2 Å². The standard InChI is InChI=1S/C19H12Cl2N2O4S/c20-11-5-10(6-12(21)16(11)22)17(24)14-7-9-3-8(1-2-13(9)27-14)4-15-18(25)23-19(26)28-15/h1-3,5-7,15H,4,22H2,(H,23,25,26). The van der Waals surface area contributed by atoms with Gasteiger partial charge in [-0.25, -0.2) is 0 Å². The van der Waals surface area contributed by atoms with Gasteiger partial charge in [0.2, 0.25) is 11.7 Å². The summed E-state index contributed by atoms with van der Waals surface area (Å²) in [5.74, 6) is -0.541. The SMILES string of the molecule is Nc1c(Cl)cc(C(=O)c2cc3cc(CC4SC(=O)NC4=O)ccc3o2)cc1Cl. The lowest BCUT2D eigenvalue weighted by Gasteiger charge is -2.04. The molecule has 9 heteroatoms. The second-order valence-electron chi connectivity index (χ2n) is 6.25. The van der Waals surface area contributed by atoms with E-state index in [2.05, 4.69) is 5.32 Å². The first-order valence-electron chi connectivity index (χ1n) is 8.15. The van der Waals surface area contributed by atoms with Gasteiger partial charge in [0.1, 0.15) is 5.58 Å². The molecule has 1 atom stereocenters. The van der Waals surface area contributed by atoms with Crippen molar-refractivity contribution in [2.24, 2.45) is 0 Å². The molecular weight excluding hydrogens is 423 g/mol. The molecule has 142 valence electrons. The van der Waals surface area contributed by atoms with E-state index < -0.39 is 5.25 Å². The molecule has 1 unspecified atom stereocenters. The molecule has 0 radical (unpaired) electrons. The Labute approximate surface area is 173 Å². The average Bonchev–Trinajstić information content (AvgIpc) is 3.21. The summed E-state index contributed by atoms with van der Waals surface area (Å²) in [5, 5.41) is 2.56. The van der Waals surface area contributed by atoms with Crippen molar-refractivity contribution in [3.63, 3.8) is 0 Å². The molecule has 1 fully saturated rings. The van der Waals surface area contributed by atoms with E-state index in [1.807, 2.05) is 6.07 Å². The van der Waals surface area contributed by atoms with Crippen LogP contribution in [0.25, 0.3) is 11.0 Å². The zero-order chi connectivity index (χ0) is 20.0. The fourth-order valence-electron chi connectivity index (χ4n) is 2.93. The number of benzene rings is 2. The minimum absolute atomic E-state index is 0.132. The summed E-state index contributed by atoms with van der Waals surface area (Å²) in [6.07, 6.45) is 0.399. The predicted molar refractivity (Wildman–Crippen MR) is 109 cm³/mol. The number of carbonyl (C=O) groups excluding carboxylic acids is 3. The number of ketones is 1.